The largest absolute Gasteiger partial charge is 0.481 e. The van der Waals surface area contributed by atoms with Crippen LogP contribution in [0.2, 0.25) is 0 Å². The molecule has 6 rings (SSSR count). The number of carboxylic acid groups (broad SMARTS) is 1. The molecule has 2 aromatic heterocycles. The van der Waals surface area contributed by atoms with E-state index in [2.05, 4.69) is 29.0 Å². The van der Waals surface area contributed by atoms with Crippen molar-refractivity contribution in [1.82, 2.24) is 0 Å². The van der Waals surface area contributed by atoms with E-state index in [1.165, 1.54) is 16.5 Å². The summed E-state index contributed by atoms with van der Waals surface area (Å²) in [5.74, 6) is -0.750. The lowest BCUT2D eigenvalue weighted by Gasteiger charge is -2.24. The van der Waals surface area contributed by atoms with Gasteiger partial charge in [0.05, 0.1) is 43.7 Å². The third-order valence-corrected chi connectivity index (χ3v) is 15.1. The molecule has 340 valence electrons. The molecule has 4 aromatic rings. The van der Waals surface area contributed by atoms with Crippen molar-refractivity contribution in [3.8, 4) is 0 Å². The molecule has 0 spiro atoms. The summed E-state index contributed by atoms with van der Waals surface area (Å²) in [7, 11) is 2.41. The Balaban J connectivity index is 0.000000258. The van der Waals surface area contributed by atoms with Crippen molar-refractivity contribution < 1.29 is 55.2 Å². The molecular formula is C48H70O11S2. The fourth-order valence-electron chi connectivity index (χ4n) is 9.39. The molecule has 0 saturated heterocycles. The van der Waals surface area contributed by atoms with Crippen LogP contribution >= 0.6 is 22.7 Å². The summed E-state index contributed by atoms with van der Waals surface area (Å²) in [4.78, 5) is 23.6. The van der Waals surface area contributed by atoms with Crippen molar-refractivity contribution in [2.24, 2.45) is 23.7 Å². The molecule has 2 heterocycles. The summed E-state index contributed by atoms with van der Waals surface area (Å²) in [5.41, 5.74) is 0. The van der Waals surface area contributed by atoms with E-state index in [9.17, 15) is 40.2 Å². The molecule has 2 saturated carbocycles. The van der Waals surface area contributed by atoms with Crippen LogP contribution in [0.3, 0.4) is 0 Å². The molecule has 0 unspecified atom stereocenters. The van der Waals surface area contributed by atoms with Gasteiger partial charge in [0.25, 0.3) is 0 Å². The summed E-state index contributed by atoms with van der Waals surface area (Å²) in [6.07, 6.45) is 9.97. The fraction of sp³-hybridized carbons (Fsp3) is 0.625. The summed E-state index contributed by atoms with van der Waals surface area (Å²) >= 11 is 3.23. The molecule has 0 bridgehead atoms. The van der Waals surface area contributed by atoms with Gasteiger partial charge in [0.15, 0.2) is 0 Å². The molecule has 13 heteroatoms. The van der Waals surface area contributed by atoms with Gasteiger partial charge in [0.1, 0.15) is 0 Å². The average molecular weight is 887 g/mol. The molecule has 0 amide bonds. The second kappa shape index (κ2) is 26.6. The second-order valence-electron chi connectivity index (χ2n) is 16.8. The molecule has 2 aromatic carbocycles. The van der Waals surface area contributed by atoms with E-state index in [1.54, 1.807) is 22.7 Å². The quantitative estimate of drug-likeness (QED) is 0.0277. The van der Waals surface area contributed by atoms with Crippen molar-refractivity contribution >= 4 is 54.8 Å². The van der Waals surface area contributed by atoms with Gasteiger partial charge in [-0.15, -0.1) is 22.7 Å². The lowest BCUT2D eigenvalue weighted by molar-refractivity contribution is -0.141. The number of benzene rings is 2. The molecule has 0 aliphatic heterocycles. The highest BCUT2D eigenvalue weighted by molar-refractivity contribution is 7.19. The number of rotatable bonds is 22. The lowest BCUT2D eigenvalue weighted by Crippen LogP contribution is -2.23. The summed E-state index contributed by atoms with van der Waals surface area (Å²) in [6, 6.07) is 20.3. The first-order valence-corrected chi connectivity index (χ1v) is 23.9. The van der Waals surface area contributed by atoms with E-state index >= 15 is 0 Å². The number of carboxylic acids is 1. The zero-order valence-electron chi connectivity index (χ0n) is 35.9. The maximum absolute atomic E-state index is 11.2. The number of hydrogen-bond acceptors (Lipinski definition) is 12. The number of fused-ring (bicyclic) bond motifs is 2. The van der Waals surface area contributed by atoms with Crippen molar-refractivity contribution in [3.05, 3.63) is 70.4 Å². The van der Waals surface area contributed by atoms with Crippen LogP contribution in [0, 0.1) is 23.7 Å². The third kappa shape index (κ3) is 15.7. The molecule has 0 radical (unpaired) electrons. The SMILES string of the molecule is CO.COC(=O)CCCCCC[C@@H]1[C@@H](CC[C@@H](O)c2cc3ccccc3s2)[C@H](O)C[C@@H]1O.O=C(O)CCCCCC[C@@H]1[C@@H](CC[C@@H](O)c2cc3ccccc3s2)[C@H](O)C[C@@H]1O. The number of unbranched alkanes of at least 4 members (excludes halogenated alkanes) is 6. The Morgan fingerprint density at radius 2 is 0.967 bits per heavy atom. The number of hydrogen-bond donors (Lipinski definition) is 8. The number of carbonyl (C=O) groups is 2. The van der Waals surface area contributed by atoms with Crippen LogP contribution in [0.1, 0.15) is 138 Å². The first-order valence-electron chi connectivity index (χ1n) is 22.2. The van der Waals surface area contributed by atoms with Gasteiger partial charge < -0.3 is 45.6 Å². The molecule has 10 atom stereocenters. The third-order valence-electron chi connectivity index (χ3n) is 12.7. The molecule has 2 aliphatic carbocycles. The van der Waals surface area contributed by atoms with Crippen LogP contribution in [0.15, 0.2) is 60.7 Å². The lowest BCUT2D eigenvalue weighted by atomic mass is 9.84. The number of aliphatic hydroxyl groups is 7. The number of aliphatic carboxylic acids is 1. The minimum Gasteiger partial charge on any atom is -0.481 e. The molecule has 2 fully saturated rings. The van der Waals surface area contributed by atoms with Crippen LogP contribution in [-0.4, -0.2) is 91.4 Å². The normalized spacial score (nSPS) is 24.5. The summed E-state index contributed by atoms with van der Waals surface area (Å²) < 4.78 is 6.99. The zero-order valence-corrected chi connectivity index (χ0v) is 37.5. The van der Waals surface area contributed by atoms with Crippen LogP contribution in [-0.2, 0) is 14.3 Å². The standard InChI is InChI=1S/C24H34O5S.C23H32O5S.CH4O/c1-29-24(28)11-5-3-2-4-9-17-18(21(27)15-20(17)26)12-13-19(25)23-14-16-8-6-7-10-22(16)30-23;24-18(22-13-15-7-5-6-9-21(15)29-22)12-11-17-16(19(25)14-20(17)26)8-3-1-2-4-10-23(27)28;1-2/h6-8,10,14,17-21,25-27H,2-5,9,11-13,15H2,1H3;5-7,9,13,16-20,24-26H,1-4,8,10-12,14H2,(H,27,28);2H,1H3/t17-,18-,19-,20+,21-;16-,17-,18-,19+,20-;/m11./s1. The van der Waals surface area contributed by atoms with Gasteiger partial charge in [-0.2, -0.15) is 0 Å². The van der Waals surface area contributed by atoms with Crippen molar-refractivity contribution in [1.29, 1.82) is 0 Å². The average Bonchev–Trinajstić information content (AvgIpc) is 4.02. The first-order chi connectivity index (χ1) is 29.4. The first kappa shape index (κ1) is 50.7. The van der Waals surface area contributed by atoms with Crippen molar-refractivity contribution in [2.75, 3.05) is 14.2 Å². The molecule has 61 heavy (non-hydrogen) atoms. The minimum atomic E-state index is -0.753. The molecule has 11 nitrogen and oxygen atoms in total. The number of esters is 1. The van der Waals surface area contributed by atoms with Crippen LogP contribution < -0.4 is 0 Å². The second-order valence-corrected chi connectivity index (χ2v) is 19.1. The zero-order chi connectivity index (χ0) is 44.3. The van der Waals surface area contributed by atoms with Crippen LogP contribution in [0.25, 0.3) is 20.2 Å². The van der Waals surface area contributed by atoms with Crippen molar-refractivity contribution in [2.45, 2.75) is 152 Å². The van der Waals surface area contributed by atoms with Gasteiger partial charge in [-0.25, -0.2) is 0 Å². The van der Waals surface area contributed by atoms with Gasteiger partial charge in [0.2, 0.25) is 0 Å². The molecular weight excluding hydrogens is 817 g/mol. The highest BCUT2D eigenvalue weighted by Crippen LogP contribution is 2.43. The predicted molar refractivity (Wildman–Crippen MR) is 242 cm³/mol. The van der Waals surface area contributed by atoms with Crippen LogP contribution in [0.5, 0.6) is 0 Å². The maximum atomic E-state index is 11.2. The Bertz CT molecular complexity index is 1800. The van der Waals surface area contributed by atoms with E-state index in [4.69, 9.17) is 10.2 Å². The Labute approximate surface area is 369 Å². The van der Waals surface area contributed by atoms with Crippen LogP contribution in [0.4, 0.5) is 0 Å². The van der Waals surface area contributed by atoms with E-state index in [0.29, 0.717) is 51.4 Å². The van der Waals surface area contributed by atoms with Gasteiger partial charge in [-0.3, -0.25) is 9.59 Å². The van der Waals surface area contributed by atoms with E-state index in [1.807, 2.05) is 36.4 Å². The highest BCUT2D eigenvalue weighted by atomic mass is 32.1. The Hall–Kier alpha value is -2.98. The van der Waals surface area contributed by atoms with E-state index in [-0.39, 0.29) is 36.1 Å². The number of aliphatic hydroxyl groups excluding tert-OH is 7. The fourth-order valence-corrected chi connectivity index (χ4v) is 11.6. The van der Waals surface area contributed by atoms with Gasteiger partial charge in [0, 0.05) is 39.1 Å². The number of methoxy groups -OCH3 is 1. The predicted octanol–water partition coefficient (Wildman–Crippen LogP) is 8.69. The molecule has 2 aliphatic rings. The summed E-state index contributed by atoms with van der Waals surface area (Å²) in [6.45, 7) is 0. The van der Waals surface area contributed by atoms with E-state index in [0.717, 1.165) is 85.4 Å². The number of ether oxygens (including phenoxy) is 1. The molecule has 8 N–H and O–H groups in total. The van der Waals surface area contributed by atoms with Crippen molar-refractivity contribution in [3.63, 3.8) is 0 Å². The van der Waals surface area contributed by atoms with E-state index < -0.39 is 42.6 Å². The topological polar surface area (TPSA) is 205 Å². The Morgan fingerprint density at radius 3 is 1.36 bits per heavy atom. The smallest absolute Gasteiger partial charge is 0.305 e. The Kier molecular flexibility index (Phi) is 22.1. The minimum absolute atomic E-state index is 0.00745. The van der Waals surface area contributed by atoms with Gasteiger partial charge in [-0.1, -0.05) is 74.9 Å². The van der Waals surface area contributed by atoms with Gasteiger partial charge in [-0.05, 0) is 123 Å². The maximum Gasteiger partial charge on any atom is 0.305 e. The number of thiophene rings is 2. The number of carbonyl (C=O) groups excluding carboxylic acids is 1. The monoisotopic (exact) mass is 886 g/mol. The highest BCUT2D eigenvalue weighted by Gasteiger charge is 2.42. The Morgan fingerprint density at radius 1 is 0.590 bits per heavy atom. The van der Waals surface area contributed by atoms with Gasteiger partial charge >= 0.3 is 11.9 Å². The summed E-state index contributed by atoms with van der Waals surface area (Å²) in [5, 5.41) is 81.0.